The van der Waals surface area contributed by atoms with Crippen LogP contribution >= 0.6 is 23.1 Å². The Balaban J connectivity index is 2.16. The van der Waals surface area contributed by atoms with E-state index in [9.17, 15) is 9.59 Å². The second kappa shape index (κ2) is 6.66. The van der Waals surface area contributed by atoms with Crippen LogP contribution in [0.15, 0.2) is 12.1 Å². The number of thiophene rings is 1. The molecule has 2 heterocycles. The van der Waals surface area contributed by atoms with Crippen LogP contribution in [-0.2, 0) is 4.79 Å². The number of carbonyl (C=O) groups is 2. The normalized spacial score (nSPS) is 22.7. The van der Waals surface area contributed by atoms with Crippen LogP contribution < -0.4 is 0 Å². The largest absolute Gasteiger partial charge is 0.478 e. The summed E-state index contributed by atoms with van der Waals surface area (Å²) in [5.74, 6) is -0.927. The van der Waals surface area contributed by atoms with Crippen molar-refractivity contribution in [2.45, 2.75) is 31.3 Å². The van der Waals surface area contributed by atoms with Gasteiger partial charge in [0.15, 0.2) is 0 Å². The third-order valence-corrected chi connectivity index (χ3v) is 5.67. The summed E-state index contributed by atoms with van der Waals surface area (Å²) < 4.78 is 0. The Morgan fingerprint density at radius 1 is 1.33 bits per heavy atom. The molecule has 1 N–H and O–H groups in total. The summed E-state index contributed by atoms with van der Waals surface area (Å²) in [5, 5.41) is 9.58. The van der Waals surface area contributed by atoms with E-state index in [2.05, 4.69) is 13.8 Å². The van der Waals surface area contributed by atoms with Gasteiger partial charge in [-0.15, -0.1) is 11.3 Å². The molecular formula is C15H19NO3S2. The fourth-order valence-electron chi connectivity index (χ4n) is 2.41. The standard InChI is InChI=1S/C15H19NO3S2/c1-9-6-13(21-12(9)4-5-14(17)18)15(19)16-7-10(2)20-11(3)8-16/h4-6,10-11H,7-8H2,1-3H3,(H,17,18)/b5-4+. The molecular weight excluding hydrogens is 306 g/mol. The summed E-state index contributed by atoms with van der Waals surface area (Å²) in [6, 6.07) is 1.85. The zero-order valence-corrected chi connectivity index (χ0v) is 14.0. The van der Waals surface area contributed by atoms with Crippen molar-refractivity contribution in [1.82, 2.24) is 4.90 Å². The van der Waals surface area contributed by atoms with Gasteiger partial charge in [0.05, 0.1) is 4.88 Å². The molecule has 2 unspecified atom stereocenters. The smallest absolute Gasteiger partial charge is 0.328 e. The number of nitrogens with zero attached hydrogens (tertiary/aromatic N) is 1. The lowest BCUT2D eigenvalue weighted by Gasteiger charge is -2.34. The first-order chi connectivity index (χ1) is 9.86. The fraction of sp³-hybridized carbons (Fsp3) is 0.467. The number of carboxylic acid groups (broad SMARTS) is 1. The van der Waals surface area contributed by atoms with Crippen molar-refractivity contribution in [2.75, 3.05) is 13.1 Å². The number of aliphatic carboxylic acids is 1. The molecule has 0 bridgehead atoms. The molecule has 1 saturated heterocycles. The first-order valence-corrected chi connectivity index (χ1v) is 8.59. The van der Waals surface area contributed by atoms with E-state index in [1.165, 1.54) is 11.3 Å². The number of carboxylic acids is 1. The van der Waals surface area contributed by atoms with Crippen molar-refractivity contribution >= 4 is 41.1 Å². The fourth-order valence-corrected chi connectivity index (χ4v) is 4.78. The number of hydrogen-bond acceptors (Lipinski definition) is 4. The van der Waals surface area contributed by atoms with Gasteiger partial charge < -0.3 is 10.0 Å². The molecule has 0 aromatic carbocycles. The molecule has 0 spiro atoms. The monoisotopic (exact) mass is 325 g/mol. The highest BCUT2D eigenvalue weighted by molar-refractivity contribution is 8.00. The number of rotatable bonds is 3. The minimum absolute atomic E-state index is 0.0528. The van der Waals surface area contributed by atoms with Crippen LogP contribution in [0, 0.1) is 6.92 Å². The highest BCUT2D eigenvalue weighted by Gasteiger charge is 2.27. The number of carbonyl (C=O) groups excluding carboxylic acids is 1. The SMILES string of the molecule is Cc1cc(C(=O)N2CC(C)SC(C)C2)sc1/C=C/C(=O)O. The van der Waals surface area contributed by atoms with Crippen LogP contribution in [-0.4, -0.2) is 45.5 Å². The lowest BCUT2D eigenvalue weighted by Crippen LogP contribution is -2.43. The van der Waals surface area contributed by atoms with Gasteiger partial charge in [-0.1, -0.05) is 13.8 Å². The lowest BCUT2D eigenvalue weighted by atomic mass is 10.2. The van der Waals surface area contributed by atoms with Gasteiger partial charge >= 0.3 is 5.97 Å². The summed E-state index contributed by atoms with van der Waals surface area (Å²) in [5.41, 5.74) is 0.938. The third kappa shape index (κ3) is 4.11. The van der Waals surface area contributed by atoms with Crippen LogP contribution in [0.1, 0.15) is 34.0 Å². The third-order valence-electron chi connectivity index (χ3n) is 3.25. The van der Waals surface area contributed by atoms with E-state index in [0.29, 0.717) is 15.4 Å². The second-order valence-corrected chi connectivity index (χ2v) is 8.26. The predicted octanol–water partition coefficient (Wildman–Crippen LogP) is 3.12. The van der Waals surface area contributed by atoms with Gasteiger partial charge in [-0.25, -0.2) is 4.79 Å². The van der Waals surface area contributed by atoms with Gasteiger partial charge in [-0.2, -0.15) is 11.8 Å². The number of amides is 1. The Morgan fingerprint density at radius 3 is 2.52 bits per heavy atom. The van der Waals surface area contributed by atoms with Crippen LogP contribution in [0.4, 0.5) is 0 Å². The molecule has 0 saturated carbocycles. The van der Waals surface area contributed by atoms with Gasteiger partial charge in [-0.05, 0) is 24.6 Å². The molecule has 0 radical (unpaired) electrons. The molecule has 1 amide bonds. The van der Waals surface area contributed by atoms with E-state index >= 15 is 0 Å². The number of aryl methyl sites for hydroxylation is 1. The molecule has 21 heavy (non-hydrogen) atoms. The van der Waals surface area contributed by atoms with Crippen LogP contribution in [0.5, 0.6) is 0 Å². The maximum absolute atomic E-state index is 12.6. The van der Waals surface area contributed by atoms with Gasteiger partial charge in [-0.3, -0.25) is 4.79 Å². The molecule has 1 aromatic rings. The van der Waals surface area contributed by atoms with E-state index in [4.69, 9.17) is 5.11 Å². The Bertz CT molecular complexity index is 569. The molecule has 2 rings (SSSR count). The highest BCUT2D eigenvalue weighted by Crippen LogP contribution is 2.29. The zero-order valence-electron chi connectivity index (χ0n) is 12.3. The summed E-state index contributed by atoms with van der Waals surface area (Å²) in [6.07, 6.45) is 2.66. The molecule has 2 atom stereocenters. The van der Waals surface area contributed by atoms with E-state index in [1.54, 1.807) is 6.08 Å². The van der Waals surface area contributed by atoms with Crippen LogP contribution in [0.25, 0.3) is 6.08 Å². The number of hydrogen-bond donors (Lipinski definition) is 1. The van der Waals surface area contributed by atoms with E-state index in [0.717, 1.165) is 29.6 Å². The summed E-state index contributed by atoms with van der Waals surface area (Å²) in [6.45, 7) is 7.71. The van der Waals surface area contributed by atoms with Crippen molar-refractivity contribution in [1.29, 1.82) is 0 Å². The highest BCUT2D eigenvalue weighted by atomic mass is 32.2. The van der Waals surface area contributed by atoms with Gasteiger partial charge in [0.2, 0.25) is 0 Å². The number of thioether (sulfide) groups is 1. The average Bonchev–Trinajstić information content (AvgIpc) is 2.75. The molecule has 1 aliphatic rings. The Labute approximate surface area is 132 Å². The molecule has 1 aliphatic heterocycles. The molecule has 4 nitrogen and oxygen atoms in total. The van der Waals surface area contributed by atoms with E-state index in [1.807, 2.05) is 29.7 Å². The second-order valence-electron chi connectivity index (χ2n) is 5.30. The quantitative estimate of drug-likeness (QED) is 0.868. The van der Waals surface area contributed by atoms with E-state index < -0.39 is 5.97 Å². The van der Waals surface area contributed by atoms with Crippen molar-refractivity contribution < 1.29 is 14.7 Å². The van der Waals surface area contributed by atoms with Gasteiger partial charge in [0, 0.05) is 34.5 Å². The molecule has 1 aromatic heterocycles. The average molecular weight is 325 g/mol. The Morgan fingerprint density at radius 2 is 1.95 bits per heavy atom. The summed E-state index contributed by atoms with van der Waals surface area (Å²) in [4.78, 5) is 26.6. The first-order valence-electron chi connectivity index (χ1n) is 6.83. The first kappa shape index (κ1) is 16.1. The molecule has 6 heteroatoms. The van der Waals surface area contributed by atoms with E-state index in [-0.39, 0.29) is 5.91 Å². The van der Waals surface area contributed by atoms with Gasteiger partial charge in [0.25, 0.3) is 5.91 Å². The van der Waals surface area contributed by atoms with Crippen molar-refractivity contribution in [3.05, 3.63) is 27.5 Å². The van der Waals surface area contributed by atoms with Crippen molar-refractivity contribution in [2.24, 2.45) is 0 Å². The minimum atomic E-state index is -0.980. The molecule has 0 aliphatic carbocycles. The topological polar surface area (TPSA) is 57.6 Å². The van der Waals surface area contributed by atoms with Crippen molar-refractivity contribution in [3.8, 4) is 0 Å². The van der Waals surface area contributed by atoms with Crippen molar-refractivity contribution in [3.63, 3.8) is 0 Å². The molecule has 1 fully saturated rings. The van der Waals surface area contributed by atoms with Crippen LogP contribution in [0.3, 0.4) is 0 Å². The predicted molar refractivity (Wildman–Crippen MR) is 88.1 cm³/mol. The minimum Gasteiger partial charge on any atom is -0.478 e. The summed E-state index contributed by atoms with van der Waals surface area (Å²) >= 11 is 3.27. The summed E-state index contributed by atoms with van der Waals surface area (Å²) in [7, 11) is 0. The van der Waals surface area contributed by atoms with Gasteiger partial charge in [0.1, 0.15) is 0 Å². The Kier molecular flexibility index (Phi) is 5.11. The Hall–Kier alpha value is -1.27. The maximum Gasteiger partial charge on any atom is 0.328 e. The maximum atomic E-state index is 12.6. The zero-order chi connectivity index (χ0) is 15.6. The lowest BCUT2D eigenvalue weighted by molar-refractivity contribution is -0.131. The van der Waals surface area contributed by atoms with Crippen LogP contribution in [0.2, 0.25) is 0 Å². The molecule has 114 valence electrons.